The van der Waals surface area contributed by atoms with Gasteiger partial charge >= 0.3 is 0 Å². The average Bonchev–Trinajstić information content (AvgIpc) is 2.55. The molecular formula is C19H24N2O3S. The van der Waals surface area contributed by atoms with Crippen LogP contribution in [0.5, 0.6) is 0 Å². The quantitative estimate of drug-likeness (QED) is 0.857. The van der Waals surface area contributed by atoms with Crippen LogP contribution in [-0.4, -0.2) is 26.6 Å². The minimum Gasteiger partial charge on any atom is -0.324 e. The molecular weight excluding hydrogens is 336 g/mol. The Kier molecular flexibility index (Phi) is 5.85. The Morgan fingerprint density at radius 2 is 1.60 bits per heavy atom. The van der Waals surface area contributed by atoms with Gasteiger partial charge in [0.15, 0.2) is 0 Å². The third-order valence-electron chi connectivity index (χ3n) is 4.07. The summed E-state index contributed by atoms with van der Waals surface area (Å²) in [4.78, 5) is 12.9. The van der Waals surface area contributed by atoms with Crippen molar-refractivity contribution in [3.63, 3.8) is 0 Å². The zero-order valence-corrected chi connectivity index (χ0v) is 15.8. The molecule has 0 aromatic heterocycles. The Labute approximate surface area is 149 Å². The number of hydrogen-bond acceptors (Lipinski definition) is 3. The number of carbonyl (C=O) groups is 1. The fourth-order valence-electron chi connectivity index (χ4n) is 2.85. The van der Waals surface area contributed by atoms with Crippen molar-refractivity contribution in [3.05, 3.63) is 59.7 Å². The molecule has 6 heteroatoms. The first-order valence-electron chi connectivity index (χ1n) is 8.17. The van der Waals surface area contributed by atoms with E-state index in [1.54, 1.807) is 31.2 Å². The topological polar surface area (TPSA) is 66.5 Å². The lowest BCUT2D eigenvalue weighted by Gasteiger charge is -2.30. The van der Waals surface area contributed by atoms with Crippen molar-refractivity contribution >= 4 is 27.3 Å². The highest BCUT2D eigenvalue weighted by molar-refractivity contribution is 7.92. The van der Waals surface area contributed by atoms with E-state index >= 15 is 0 Å². The van der Waals surface area contributed by atoms with Crippen LogP contribution in [0.2, 0.25) is 0 Å². The van der Waals surface area contributed by atoms with Gasteiger partial charge in [-0.05, 0) is 43.5 Å². The first-order valence-corrected chi connectivity index (χ1v) is 10.0. The fraction of sp³-hybridized carbons (Fsp3) is 0.316. The van der Waals surface area contributed by atoms with Gasteiger partial charge in [0.1, 0.15) is 6.04 Å². The molecule has 0 aliphatic carbocycles. The Morgan fingerprint density at radius 3 is 2.08 bits per heavy atom. The van der Waals surface area contributed by atoms with Gasteiger partial charge in [-0.1, -0.05) is 43.3 Å². The molecule has 0 radical (unpaired) electrons. The minimum absolute atomic E-state index is 0.339. The molecule has 2 aromatic rings. The third-order valence-corrected chi connectivity index (χ3v) is 5.25. The summed E-state index contributed by atoms with van der Waals surface area (Å²) >= 11 is 0. The van der Waals surface area contributed by atoms with E-state index in [1.807, 2.05) is 38.1 Å². The lowest BCUT2D eigenvalue weighted by atomic mass is 10.1. The van der Waals surface area contributed by atoms with Gasteiger partial charge in [-0.3, -0.25) is 9.10 Å². The zero-order valence-electron chi connectivity index (χ0n) is 15.0. The minimum atomic E-state index is -3.61. The summed E-state index contributed by atoms with van der Waals surface area (Å²) in [6, 6.07) is 13.6. The summed E-state index contributed by atoms with van der Waals surface area (Å²) in [5.74, 6) is -0.339. The summed E-state index contributed by atoms with van der Waals surface area (Å²) in [5.41, 5.74) is 3.09. The van der Waals surface area contributed by atoms with Crippen LogP contribution in [0.1, 0.15) is 24.5 Å². The molecule has 0 bridgehead atoms. The van der Waals surface area contributed by atoms with E-state index in [4.69, 9.17) is 0 Å². The number of benzene rings is 2. The van der Waals surface area contributed by atoms with E-state index in [1.165, 1.54) is 4.31 Å². The molecule has 5 nitrogen and oxygen atoms in total. The van der Waals surface area contributed by atoms with E-state index in [0.29, 0.717) is 12.1 Å². The maximum absolute atomic E-state index is 12.9. The lowest BCUT2D eigenvalue weighted by Crippen LogP contribution is -2.47. The number of hydrogen-bond donors (Lipinski definition) is 1. The summed E-state index contributed by atoms with van der Waals surface area (Å²) < 4.78 is 25.9. The van der Waals surface area contributed by atoms with Gasteiger partial charge < -0.3 is 5.32 Å². The maximum Gasteiger partial charge on any atom is 0.248 e. The molecule has 25 heavy (non-hydrogen) atoms. The first kappa shape index (κ1) is 19.0. The number of amides is 1. The second-order valence-corrected chi connectivity index (χ2v) is 7.93. The van der Waals surface area contributed by atoms with Crippen LogP contribution in [0.3, 0.4) is 0 Å². The van der Waals surface area contributed by atoms with E-state index in [2.05, 4.69) is 5.32 Å². The normalized spacial score (nSPS) is 12.5. The van der Waals surface area contributed by atoms with Crippen LogP contribution in [0, 0.1) is 13.8 Å². The molecule has 134 valence electrons. The van der Waals surface area contributed by atoms with Crippen LogP contribution in [-0.2, 0) is 14.8 Å². The Balaban J connectivity index is 2.40. The van der Waals surface area contributed by atoms with Gasteiger partial charge in [-0.2, -0.15) is 0 Å². The van der Waals surface area contributed by atoms with Crippen LogP contribution in [0.4, 0.5) is 11.4 Å². The van der Waals surface area contributed by atoms with Crippen molar-refractivity contribution in [1.82, 2.24) is 0 Å². The van der Waals surface area contributed by atoms with Crippen LogP contribution < -0.4 is 9.62 Å². The van der Waals surface area contributed by atoms with Crippen molar-refractivity contribution < 1.29 is 13.2 Å². The third kappa shape index (κ3) is 4.39. The molecule has 2 aromatic carbocycles. The molecule has 0 heterocycles. The molecule has 2 rings (SSSR count). The van der Waals surface area contributed by atoms with Crippen molar-refractivity contribution in [2.75, 3.05) is 15.9 Å². The van der Waals surface area contributed by atoms with Crippen LogP contribution in [0.15, 0.2) is 48.5 Å². The Bertz CT molecular complexity index is 828. The predicted octanol–water partition coefficient (Wildman–Crippen LogP) is 3.49. The molecule has 0 fully saturated rings. The van der Waals surface area contributed by atoms with Gasteiger partial charge in [0.25, 0.3) is 0 Å². The Morgan fingerprint density at radius 1 is 1.04 bits per heavy atom. The van der Waals surface area contributed by atoms with Crippen LogP contribution in [0.25, 0.3) is 0 Å². The molecule has 0 saturated heterocycles. The largest absolute Gasteiger partial charge is 0.324 e. The standard InChI is InChI=1S/C19H24N2O3S/c1-5-17(19(22)20-18-14(2)10-9-11-15(18)3)21(25(4,23)24)16-12-7-6-8-13-16/h6-13,17H,5H2,1-4H3,(H,20,22)/t17-/m0/s1. The molecule has 0 unspecified atom stereocenters. The van der Waals surface area contributed by atoms with Gasteiger partial charge in [0.05, 0.1) is 11.9 Å². The van der Waals surface area contributed by atoms with E-state index in [9.17, 15) is 13.2 Å². The molecule has 1 N–H and O–H groups in total. The number of para-hydroxylation sites is 2. The highest BCUT2D eigenvalue weighted by Gasteiger charge is 2.31. The summed E-state index contributed by atoms with van der Waals surface area (Å²) in [6.07, 6.45) is 1.48. The van der Waals surface area contributed by atoms with Crippen molar-refractivity contribution in [3.8, 4) is 0 Å². The summed E-state index contributed by atoms with van der Waals surface area (Å²) in [7, 11) is -3.61. The monoisotopic (exact) mass is 360 g/mol. The SMILES string of the molecule is CC[C@@H](C(=O)Nc1c(C)cccc1C)N(c1ccccc1)S(C)(=O)=O. The van der Waals surface area contributed by atoms with E-state index < -0.39 is 16.1 Å². The number of nitrogens with zero attached hydrogens (tertiary/aromatic N) is 1. The zero-order chi connectivity index (χ0) is 18.6. The van der Waals surface area contributed by atoms with Crippen molar-refractivity contribution in [1.29, 1.82) is 0 Å². The number of aryl methyl sites for hydroxylation is 2. The molecule has 1 amide bonds. The smallest absolute Gasteiger partial charge is 0.248 e. The van der Waals surface area contributed by atoms with Gasteiger partial charge in [-0.25, -0.2) is 8.42 Å². The maximum atomic E-state index is 12.9. The number of sulfonamides is 1. The van der Waals surface area contributed by atoms with Crippen LogP contribution >= 0.6 is 0 Å². The number of nitrogens with one attached hydrogen (secondary N) is 1. The van der Waals surface area contributed by atoms with E-state index in [0.717, 1.165) is 23.1 Å². The second kappa shape index (κ2) is 7.70. The van der Waals surface area contributed by atoms with E-state index in [-0.39, 0.29) is 5.91 Å². The summed E-state index contributed by atoms with van der Waals surface area (Å²) in [6.45, 7) is 5.63. The fourth-order valence-corrected chi connectivity index (χ4v) is 4.07. The highest BCUT2D eigenvalue weighted by atomic mass is 32.2. The second-order valence-electron chi connectivity index (χ2n) is 6.07. The molecule has 0 saturated carbocycles. The number of rotatable bonds is 6. The highest BCUT2D eigenvalue weighted by Crippen LogP contribution is 2.25. The molecule has 0 spiro atoms. The Hall–Kier alpha value is -2.34. The molecule has 1 atom stereocenters. The van der Waals surface area contributed by atoms with Gasteiger partial charge in [0.2, 0.25) is 15.9 Å². The first-order chi connectivity index (χ1) is 11.8. The summed E-state index contributed by atoms with van der Waals surface area (Å²) in [5, 5.41) is 2.91. The van der Waals surface area contributed by atoms with Gasteiger partial charge in [0, 0.05) is 5.69 Å². The average molecular weight is 360 g/mol. The predicted molar refractivity (Wildman–Crippen MR) is 102 cm³/mol. The molecule has 0 aliphatic heterocycles. The van der Waals surface area contributed by atoms with Gasteiger partial charge in [-0.15, -0.1) is 0 Å². The number of carbonyl (C=O) groups excluding carboxylic acids is 1. The van der Waals surface area contributed by atoms with Crippen molar-refractivity contribution in [2.24, 2.45) is 0 Å². The number of anilines is 2. The molecule has 0 aliphatic rings. The van der Waals surface area contributed by atoms with Crippen molar-refractivity contribution in [2.45, 2.75) is 33.2 Å². The lowest BCUT2D eigenvalue weighted by molar-refractivity contribution is -0.117.